The summed E-state index contributed by atoms with van der Waals surface area (Å²) >= 11 is 0. The summed E-state index contributed by atoms with van der Waals surface area (Å²) in [6.45, 7) is 3.07. The lowest BCUT2D eigenvalue weighted by atomic mass is 9.99. The van der Waals surface area contributed by atoms with Crippen molar-refractivity contribution in [2.75, 3.05) is 13.6 Å². The molecule has 1 unspecified atom stereocenters. The van der Waals surface area contributed by atoms with Crippen molar-refractivity contribution < 1.29 is 0 Å². The molecule has 0 aliphatic heterocycles. The molecule has 0 saturated heterocycles. The van der Waals surface area contributed by atoms with Gasteiger partial charge in [0.2, 0.25) is 0 Å². The minimum Gasteiger partial charge on any atom is -0.293 e. The van der Waals surface area contributed by atoms with Crippen LogP contribution >= 0.6 is 0 Å². The second kappa shape index (κ2) is 5.29. The van der Waals surface area contributed by atoms with Crippen LogP contribution in [-0.4, -0.2) is 24.5 Å². The van der Waals surface area contributed by atoms with E-state index in [9.17, 15) is 0 Å². The van der Waals surface area contributed by atoms with Crippen LogP contribution in [0.1, 0.15) is 39.0 Å². The quantitative estimate of drug-likeness (QED) is 0.599. The maximum atomic E-state index is 5.28. The molecule has 1 atom stereocenters. The molecule has 1 saturated carbocycles. The minimum atomic E-state index is 0.652. The molecule has 0 N–H and O–H groups in total. The van der Waals surface area contributed by atoms with Crippen molar-refractivity contribution >= 4 is 0 Å². The van der Waals surface area contributed by atoms with Crippen molar-refractivity contribution in [3.8, 4) is 12.3 Å². The number of hydrogen-bond donors (Lipinski definition) is 0. The molecular formula is C12H21N. The van der Waals surface area contributed by atoms with Gasteiger partial charge in [0.25, 0.3) is 0 Å². The highest BCUT2D eigenvalue weighted by Gasteiger charge is 2.19. The van der Waals surface area contributed by atoms with Crippen LogP contribution in [0.5, 0.6) is 0 Å². The van der Waals surface area contributed by atoms with Gasteiger partial charge in [0.1, 0.15) is 0 Å². The molecule has 0 aromatic carbocycles. The van der Waals surface area contributed by atoms with E-state index >= 15 is 0 Å². The molecule has 74 valence electrons. The van der Waals surface area contributed by atoms with Crippen LogP contribution in [0.3, 0.4) is 0 Å². The summed E-state index contributed by atoms with van der Waals surface area (Å²) in [7, 11) is 2.12. The summed E-state index contributed by atoms with van der Waals surface area (Å²) in [5.74, 6) is 3.67. The van der Waals surface area contributed by atoms with Crippen LogP contribution < -0.4 is 0 Å². The van der Waals surface area contributed by atoms with Crippen LogP contribution in [0.25, 0.3) is 0 Å². The molecule has 1 aliphatic carbocycles. The van der Waals surface area contributed by atoms with E-state index in [0.717, 1.165) is 12.5 Å². The van der Waals surface area contributed by atoms with Gasteiger partial charge < -0.3 is 0 Å². The van der Waals surface area contributed by atoms with Gasteiger partial charge in [-0.3, -0.25) is 4.90 Å². The smallest absolute Gasteiger partial charge is 0.0598 e. The largest absolute Gasteiger partial charge is 0.293 e. The molecule has 1 fully saturated rings. The fourth-order valence-electron chi connectivity index (χ4n) is 2.21. The second-order valence-electron chi connectivity index (χ2n) is 4.35. The van der Waals surface area contributed by atoms with Crippen LogP contribution in [-0.2, 0) is 0 Å². The number of rotatable bonds is 4. The van der Waals surface area contributed by atoms with E-state index in [4.69, 9.17) is 6.42 Å². The van der Waals surface area contributed by atoms with Gasteiger partial charge in [0.15, 0.2) is 0 Å². The Morgan fingerprint density at radius 2 is 2.08 bits per heavy atom. The molecule has 0 amide bonds. The predicted molar refractivity (Wildman–Crippen MR) is 57.5 cm³/mol. The molecule has 0 aromatic heterocycles. The minimum absolute atomic E-state index is 0.652. The average Bonchev–Trinajstić information content (AvgIpc) is 2.57. The van der Waals surface area contributed by atoms with Gasteiger partial charge in [0, 0.05) is 6.04 Å². The summed E-state index contributed by atoms with van der Waals surface area (Å²) in [5, 5.41) is 0. The highest BCUT2D eigenvalue weighted by atomic mass is 15.1. The zero-order valence-electron chi connectivity index (χ0n) is 8.92. The number of terminal acetylenes is 1. The van der Waals surface area contributed by atoms with Gasteiger partial charge >= 0.3 is 0 Å². The summed E-state index contributed by atoms with van der Waals surface area (Å²) < 4.78 is 0. The Balaban J connectivity index is 2.23. The van der Waals surface area contributed by atoms with Crippen LogP contribution in [0.15, 0.2) is 0 Å². The van der Waals surface area contributed by atoms with Gasteiger partial charge in [-0.1, -0.05) is 31.6 Å². The molecule has 1 rings (SSSR count). The lowest BCUT2D eigenvalue weighted by Gasteiger charge is -2.24. The lowest BCUT2D eigenvalue weighted by Crippen LogP contribution is -2.30. The summed E-state index contributed by atoms with van der Waals surface area (Å²) in [5.41, 5.74) is 0. The maximum Gasteiger partial charge on any atom is 0.0598 e. The zero-order chi connectivity index (χ0) is 9.68. The van der Waals surface area contributed by atoms with E-state index in [1.807, 2.05) is 0 Å². The number of hydrogen-bond acceptors (Lipinski definition) is 1. The van der Waals surface area contributed by atoms with Gasteiger partial charge in [-0.25, -0.2) is 0 Å². The Bertz CT molecular complexity index is 174. The van der Waals surface area contributed by atoms with Crippen molar-refractivity contribution in [3.05, 3.63) is 0 Å². The number of nitrogens with zero attached hydrogens (tertiary/aromatic N) is 1. The van der Waals surface area contributed by atoms with Crippen LogP contribution in [0.2, 0.25) is 0 Å². The Hall–Kier alpha value is -0.480. The van der Waals surface area contributed by atoms with Gasteiger partial charge in [-0.2, -0.15) is 0 Å². The van der Waals surface area contributed by atoms with E-state index < -0.39 is 0 Å². The Morgan fingerprint density at radius 1 is 1.46 bits per heavy atom. The van der Waals surface area contributed by atoms with Gasteiger partial charge in [0.05, 0.1) is 6.54 Å². The van der Waals surface area contributed by atoms with Crippen molar-refractivity contribution in [2.24, 2.45) is 5.92 Å². The Labute approximate surface area is 82.5 Å². The summed E-state index contributed by atoms with van der Waals surface area (Å²) in [6, 6.07) is 0.652. The summed E-state index contributed by atoms with van der Waals surface area (Å²) in [6.07, 6.45) is 12.4. The average molecular weight is 179 g/mol. The maximum absolute atomic E-state index is 5.28. The molecule has 1 nitrogen and oxygen atoms in total. The molecule has 0 spiro atoms. The lowest BCUT2D eigenvalue weighted by molar-refractivity contribution is 0.244. The molecular weight excluding hydrogens is 158 g/mol. The van der Waals surface area contributed by atoms with Crippen molar-refractivity contribution in [2.45, 2.75) is 45.1 Å². The molecule has 13 heavy (non-hydrogen) atoms. The second-order valence-corrected chi connectivity index (χ2v) is 4.35. The summed E-state index contributed by atoms with van der Waals surface area (Å²) in [4.78, 5) is 2.28. The molecule has 0 aromatic rings. The fourth-order valence-corrected chi connectivity index (χ4v) is 2.21. The van der Waals surface area contributed by atoms with E-state index in [1.165, 1.54) is 32.1 Å². The van der Waals surface area contributed by atoms with Gasteiger partial charge in [-0.15, -0.1) is 6.42 Å². The topological polar surface area (TPSA) is 3.24 Å². The SMILES string of the molecule is C#CCN(C)C(C)CC1CCCC1. The zero-order valence-corrected chi connectivity index (χ0v) is 8.92. The van der Waals surface area contributed by atoms with E-state index in [2.05, 4.69) is 24.8 Å². The predicted octanol–water partition coefficient (Wildman–Crippen LogP) is 2.52. The normalized spacial score (nSPS) is 20.5. The van der Waals surface area contributed by atoms with Crippen molar-refractivity contribution in [3.63, 3.8) is 0 Å². The fraction of sp³-hybridized carbons (Fsp3) is 0.833. The van der Waals surface area contributed by atoms with Crippen molar-refractivity contribution in [1.82, 2.24) is 4.90 Å². The monoisotopic (exact) mass is 179 g/mol. The van der Waals surface area contributed by atoms with Crippen LogP contribution in [0.4, 0.5) is 0 Å². The Kier molecular flexibility index (Phi) is 4.32. The third-order valence-corrected chi connectivity index (χ3v) is 3.24. The van der Waals surface area contributed by atoms with Crippen LogP contribution in [0, 0.1) is 18.3 Å². The van der Waals surface area contributed by atoms with E-state index in [-0.39, 0.29) is 0 Å². The first-order chi connectivity index (χ1) is 6.24. The molecule has 0 bridgehead atoms. The highest BCUT2D eigenvalue weighted by molar-refractivity contribution is 4.89. The molecule has 1 aliphatic rings. The highest BCUT2D eigenvalue weighted by Crippen LogP contribution is 2.29. The first-order valence-corrected chi connectivity index (χ1v) is 5.37. The molecule has 0 heterocycles. The third-order valence-electron chi connectivity index (χ3n) is 3.24. The van der Waals surface area contributed by atoms with Gasteiger partial charge in [-0.05, 0) is 26.3 Å². The van der Waals surface area contributed by atoms with E-state index in [1.54, 1.807) is 0 Å². The standard InChI is InChI=1S/C12H21N/c1-4-9-13(3)11(2)10-12-7-5-6-8-12/h1,11-12H,5-10H2,2-3H3. The molecule has 1 heteroatoms. The first kappa shape index (κ1) is 10.6. The van der Waals surface area contributed by atoms with E-state index in [0.29, 0.717) is 6.04 Å². The first-order valence-electron chi connectivity index (χ1n) is 5.37. The Morgan fingerprint density at radius 3 is 2.62 bits per heavy atom. The van der Waals surface area contributed by atoms with Crippen molar-refractivity contribution in [1.29, 1.82) is 0 Å². The molecule has 0 radical (unpaired) electrons. The third kappa shape index (κ3) is 3.40.